The summed E-state index contributed by atoms with van der Waals surface area (Å²) in [4.78, 5) is 34.9. The molecule has 2 amide bonds. The minimum atomic E-state index is -0.749. The Morgan fingerprint density at radius 1 is 1.08 bits per heavy atom. The standard InChI is InChI=1S/C18H22N2O4/c21-16-3-1-2-12-10-14(8-9-15(12)16)20-18(24)19-13-6-4-11(5-7-13)17(22)23/h8-11,13H,1-7H2,(H,22,23)(H2,19,20,24). The molecule has 128 valence electrons. The molecule has 0 heterocycles. The summed E-state index contributed by atoms with van der Waals surface area (Å²) in [5.74, 6) is -0.867. The minimum absolute atomic E-state index is 0.0137. The van der Waals surface area contributed by atoms with Crippen molar-refractivity contribution in [3.63, 3.8) is 0 Å². The maximum absolute atomic E-state index is 12.1. The largest absolute Gasteiger partial charge is 0.481 e. The Morgan fingerprint density at radius 2 is 1.83 bits per heavy atom. The molecular weight excluding hydrogens is 308 g/mol. The van der Waals surface area contributed by atoms with Gasteiger partial charge >= 0.3 is 12.0 Å². The van der Waals surface area contributed by atoms with E-state index in [4.69, 9.17) is 5.11 Å². The number of nitrogens with one attached hydrogen (secondary N) is 2. The number of aryl methyl sites for hydroxylation is 1. The summed E-state index contributed by atoms with van der Waals surface area (Å²) < 4.78 is 0. The van der Waals surface area contributed by atoms with Crippen molar-refractivity contribution in [2.24, 2.45) is 5.92 Å². The molecule has 0 atom stereocenters. The minimum Gasteiger partial charge on any atom is -0.481 e. The number of fused-ring (bicyclic) bond motifs is 1. The number of rotatable bonds is 3. The Hall–Kier alpha value is -2.37. The fourth-order valence-electron chi connectivity index (χ4n) is 3.56. The smallest absolute Gasteiger partial charge is 0.319 e. The number of anilines is 1. The number of carboxylic acids is 1. The maximum atomic E-state index is 12.1. The third-order valence-electron chi connectivity index (χ3n) is 4.93. The van der Waals surface area contributed by atoms with Crippen LogP contribution in [0.5, 0.6) is 0 Å². The Bertz CT molecular complexity index is 663. The third kappa shape index (κ3) is 3.75. The Morgan fingerprint density at radius 3 is 2.54 bits per heavy atom. The molecule has 3 rings (SSSR count). The van der Waals surface area contributed by atoms with Crippen LogP contribution < -0.4 is 10.6 Å². The number of benzene rings is 1. The van der Waals surface area contributed by atoms with Crippen LogP contribution in [-0.2, 0) is 11.2 Å². The van der Waals surface area contributed by atoms with Crippen LogP contribution in [0.4, 0.5) is 10.5 Å². The first kappa shape index (κ1) is 16.5. The van der Waals surface area contributed by atoms with Gasteiger partial charge in [-0.1, -0.05) is 0 Å². The van der Waals surface area contributed by atoms with Crippen LogP contribution in [0.3, 0.4) is 0 Å². The lowest BCUT2D eigenvalue weighted by Crippen LogP contribution is -2.41. The van der Waals surface area contributed by atoms with Crippen LogP contribution in [0.2, 0.25) is 0 Å². The number of amides is 2. The first-order valence-corrected chi connectivity index (χ1v) is 8.49. The molecule has 0 aromatic heterocycles. The van der Waals surface area contributed by atoms with Gasteiger partial charge in [-0.15, -0.1) is 0 Å². The maximum Gasteiger partial charge on any atom is 0.319 e. The van der Waals surface area contributed by atoms with E-state index in [1.54, 1.807) is 12.1 Å². The molecule has 1 aromatic carbocycles. The van der Waals surface area contributed by atoms with Crippen molar-refractivity contribution in [1.29, 1.82) is 0 Å². The average molecular weight is 330 g/mol. The van der Waals surface area contributed by atoms with Gasteiger partial charge < -0.3 is 15.7 Å². The summed E-state index contributed by atoms with van der Waals surface area (Å²) in [5.41, 5.74) is 2.44. The highest BCUT2D eigenvalue weighted by Gasteiger charge is 2.26. The zero-order valence-corrected chi connectivity index (χ0v) is 13.5. The monoisotopic (exact) mass is 330 g/mol. The van der Waals surface area contributed by atoms with Crippen molar-refractivity contribution in [2.75, 3.05) is 5.32 Å². The van der Waals surface area contributed by atoms with E-state index in [2.05, 4.69) is 10.6 Å². The number of carbonyl (C=O) groups is 3. The summed E-state index contributed by atoms with van der Waals surface area (Å²) in [5, 5.41) is 14.7. The number of carboxylic acid groups (broad SMARTS) is 1. The van der Waals surface area contributed by atoms with Gasteiger partial charge in [0.05, 0.1) is 5.92 Å². The van der Waals surface area contributed by atoms with Crippen LogP contribution in [0, 0.1) is 5.92 Å². The molecule has 0 saturated heterocycles. The molecule has 2 aliphatic carbocycles. The normalized spacial score (nSPS) is 23.2. The topological polar surface area (TPSA) is 95.5 Å². The quantitative estimate of drug-likeness (QED) is 0.794. The van der Waals surface area contributed by atoms with Gasteiger partial charge in [0.15, 0.2) is 5.78 Å². The number of Topliss-reactive ketones (excluding diaryl/α,β-unsaturated/α-hetero) is 1. The van der Waals surface area contributed by atoms with Crippen molar-refractivity contribution >= 4 is 23.5 Å². The van der Waals surface area contributed by atoms with Crippen molar-refractivity contribution in [3.8, 4) is 0 Å². The van der Waals surface area contributed by atoms with Gasteiger partial charge in [0.1, 0.15) is 0 Å². The predicted molar refractivity (Wildman–Crippen MR) is 89.2 cm³/mol. The zero-order chi connectivity index (χ0) is 17.1. The van der Waals surface area contributed by atoms with Crippen molar-refractivity contribution < 1.29 is 19.5 Å². The average Bonchev–Trinajstić information content (AvgIpc) is 2.55. The van der Waals surface area contributed by atoms with E-state index < -0.39 is 5.97 Å². The molecule has 3 N–H and O–H groups in total. The van der Waals surface area contributed by atoms with E-state index in [9.17, 15) is 14.4 Å². The molecule has 0 spiro atoms. The van der Waals surface area contributed by atoms with Gasteiger partial charge in [0.2, 0.25) is 0 Å². The van der Waals surface area contributed by atoms with E-state index >= 15 is 0 Å². The SMILES string of the molecule is O=C(Nc1ccc2c(c1)CCCC2=O)NC1CCC(C(=O)O)CC1. The number of hydrogen-bond donors (Lipinski definition) is 3. The summed E-state index contributed by atoms with van der Waals surface area (Å²) in [6, 6.07) is 5.14. The van der Waals surface area contributed by atoms with Crippen LogP contribution in [0.1, 0.15) is 54.4 Å². The molecular formula is C18H22N2O4. The summed E-state index contributed by atoms with van der Waals surface area (Å²) in [6.45, 7) is 0. The van der Waals surface area contributed by atoms with Gasteiger partial charge in [0.25, 0.3) is 0 Å². The van der Waals surface area contributed by atoms with Crippen LogP contribution >= 0.6 is 0 Å². The lowest BCUT2D eigenvalue weighted by atomic mass is 9.86. The molecule has 1 fully saturated rings. The van der Waals surface area contributed by atoms with Crippen molar-refractivity contribution in [2.45, 2.75) is 51.0 Å². The molecule has 0 aliphatic heterocycles. The third-order valence-corrected chi connectivity index (χ3v) is 4.93. The van der Waals surface area contributed by atoms with Crippen LogP contribution in [-0.4, -0.2) is 28.9 Å². The van der Waals surface area contributed by atoms with Crippen LogP contribution in [0.15, 0.2) is 18.2 Å². The van der Waals surface area contributed by atoms with Crippen molar-refractivity contribution in [3.05, 3.63) is 29.3 Å². The summed E-state index contributed by atoms with van der Waals surface area (Å²) in [6.07, 6.45) is 4.87. The number of carbonyl (C=O) groups excluding carboxylic acids is 2. The Labute approximate surface area is 140 Å². The van der Waals surface area contributed by atoms with E-state index in [1.807, 2.05) is 6.07 Å². The van der Waals surface area contributed by atoms with E-state index in [0.717, 1.165) is 24.0 Å². The Balaban J connectivity index is 1.54. The van der Waals surface area contributed by atoms with Gasteiger partial charge in [-0.05, 0) is 62.3 Å². The lowest BCUT2D eigenvalue weighted by molar-refractivity contribution is -0.142. The van der Waals surface area contributed by atoms with E-state index in [1.165, 1.54) is 0 Å². The van der Waals surface area contributed by atoms with Gasteiger partial charge in [-0.2, -0.15) is 0 Å². The van der Waals surface area contributed by atoms with E-state index in [0.29, 0.717) is 37.8 Å². The zero-order valence-electron chi connectivity index (χ0n) is 13.5. The molecule has 1 saturated carbocycles. The highest BCUT2D eigenvalue weighted by Crippen LogP contribution is 2.26. The molecule has 0 radical (unpaired) electrons. The number of hydrogen-bond acceptors (Lipinski definition) is 3. The number of ketones is 1. The Kier molecular flexibility index (Phi) is 4.83. The molecule has 1 aromatic rings. The second-order valence-electron chi connectivity index (χ2n) is 6.63. The molecule has 24 heavy (non-hydrogen) atoms. The van der Waals surface area contributed by atoms with Gasteiger partial charge in [-0.25, -0.2) is 4.79 Å². The summed E-state index contributed by atoms with van der Waals surface area (Å²) >= 11 is 0. The van der Waals surface area contributed by atoms with Crippen LogP contribution in [0.25, 0.3) is 0 Å². The fourth-order valence-corrected chi connectivity index (χ4v) is 3.56. The molecule has 6 heteroatoms. The molecule has 6 nitrogen and oxygen atoms in total. The van der Waals surface area contributed by atoms with Gasteiger partial charge in [-0.3, -0.25) is 9.59 Å². The van der Waals surface area contributed by atoms with Gasteiger partial charge in [0, 0.05) is 23.7 Å². The molecule has 2 aliphatic rings. The number of aliphatic carboxylic acids is 1. The highest BCUT2D eigenvalue weighted by molar-refractivity contribution is 5.99. The first-order chi connectivity index (χ1) is 11.5. The van der Waals surface area contributed by atoms with E-state index in [-0.39, 0.29) is 23.8 Å². The molecule has 0 unspecified atom stereocenters. The second-order valence-corrected chi connectivity index (χ2v) is 6.63. The second kappa shape index (κ2) is 7.03. The fraction of sp³-hybridized carbons (Fsp3) is 0.500. The summed E-state index contributed by atoms with van der Waals surface area (Å²) in [7, 11) is 0. The first-order valence-electron chi connectivity index (χ1n) is 8.49. The predicted octanol–water partition coefficient (Wildman–Crippen LogP) is 2.97. The highest BCUT2D eigenvalue weighted by atomic mass is 16.4. The number of urea groups is 1. The lowest BCUT2D eigenvalue weighted by Gasteiger charge is -2.27. The van der Waals surface area contributed by atoms with Crippen molar-refractivity contribution in [1.82, 2.24) is 5.32 Å². The molecule has 0 bridgehead atoms.